The largest absolute Gasteiger partial charge is 0.458 e. The average Bonchev–Trinajstić information content (AvgIpc) is 3.26. The maximum atomic E-state index is 13.5. The number of alkyl halides is 6. The molecule has 1 fully saturated rings. The highest BCUT2D eigenvalue weighted by Crippen LogP contribution is 2.49. The van der Waals surface area contributed by atoms with Gasteiger partial charge in [-0.25, -0.2) is 4.79 Å². The van der Waals surface area contributed by atoms with E-state index in [9.17, 15) is 36.2 Å². The molecular formula is C30H27F6O3S+. The smallest absolute Gasteiger partial charge is 0.426 e. The zero-order valence-corrected chi connectivity index (χ0v) is 22.1. The minimum absolute atomic E-state index is 0.0235. The van der Waals surface area contributed by atoms with Crippen molar-refractivity contribution in [2.45, 2.75) is 62.6 Å². The van der Waals surface area contributed by atoms with Crippen LogP contribution in [0.15, 0.2) is 72.8 Å². The first-order valence-electron chi connectivity index (χ1n) is 13.0. The number of hydrogen-bond donors (Lipinski definition) is 1. The molecule has 2 atom stereocenters. The van der Waals surface area contributed by atoms with E-state index in [4.69, 9.17) is 4.74 Å². The number of thiophene rings is 1. The van der Waals surface area contributed by atoms with Crippen molar-refractivity contribution in [3.05, 3.63) is 78.4 Å². The number of ether oxygens (including phenoxy) is 1. The number of aliphatic hydroxyl groups is 1. The zero-order valence-electron chi connectivity index (χ0n) is 21.3. The molecule has 0 spiro atoms. The number of benzene rings is 3. The lowest BCUT2D eigenvalue weighted by molar-refractivity contribution is -0.374. The molecule has 1 aliphatic rings. The second-order valence-corrected chi connectivity index (χ2v) is 12.2. The van der Waals surface area contributed by atoms with Crippen molar-refractivity contribution in [1.82, 2.24) is 0 Å². The van der Waals surface area contributed by atoms with Crippen molar-refractivity contribution in [2.24, 2.45) is 5.92 Å². The van der Waals surface area contributed by atoms with E-state index in [0.717, 1.165) is 31.5 Å². The highest BCUT2D eigenvalue weighted by molar-refractivity contribution is 7.50. The number of carbonyl (C=O) groups is 1. The highest BCUT2D eigenvalue weighted by Gasteiger charge is 2.71. The molecule has 0 aliphatic heterocycles. The predicted octanol–water partition coefficient (Wildman–Crippen LogP) is 9.08. The molecule has 0 saturated heterocycles. The molecule has 1 heterocycles. The van der Waals surface area contributed by atoms with Gasteiger partial charge >= 0.3 is 18.3 Å². The Balaban J connectivity index is 1.52. The lowest BCUT2D eigenvalue weighted by atomic mass is 9.80. The van der Waals surface area contributed by atoms with E-state index in [-0.39, 0.29) is 5.56 Å². The summed E-state index contributed by atoms with van der Waals surface area (Å²) in [5.74, 6) is -1.75. The van der Waals surface area contributed by atoms with E-state index in [2.05, 4.69) is 0 Å². The lowest BCUT2D eigenvalue weighted by Crippen LogP contribution is -2.59. The van der Waals surface area contributed by atoms with Gasteiger partial charge in [0.25, 0.3) is 5.60 Å². The van der Waals surface area contributed by atoms with Crippen LogP contribution in [0.2, 0.25) is 0 Å². The maximum absolute atomic E-state index is 13.5. The summed E-state index contributed by atoms with van der Waals surface area (Å²) in [6.45, 7) is 0. The van der Waals surface area contributed by atoms with E-state index in [0.29, 0.717) is 25.7 Å². The van der Waals surface area contributed by atoms with Crippen LogP contribution >= 0.6 is 10.5 Å². The molecule has 1 saturated carbocycles. The summed E-state index contributed by atoms with van der Waals surface area (Å²) in [5.41, 5.74) is -4.97. The molecule has 3 aromatic carbocycles. The lowest BCUT2D eigenvalue weighted by Gasteiger charge is -2.38. The van der Waals surface area contributed by atoms with Gasteiger partial charge in [0.15, 0.2) is 14.3 Å². The van der Waals surface area contributed by atoms with Crippen LogP contribution in [0.5, 0.6) is 0 Å². The first-order chi connectivity index (χ1) is 18.9. The van der Waals surface area contributed by atoms with Crippen molar-refractivity contribution in [3.8, 4) is 4.90 Å². The Kier molecular flexibility index (Phi) is 7.60. The predicted molar refractivity (Wildman–Crippen MR) is 143 cm³/mol. The van der Waals surface area contributed by atoms with Crippen LogP contribution in [0.4, 0.5) is 26.3 Å². The molecule has 3 nitrogen and oxygen atoms in total. The first-order valence-corrected chi connectivity index (χ1v) is 14.2. The van der Waals surface area contributed by atoms with Crippen LogP contribution in [-0.4, -0.2) is 35.1 Å². The fourth-order valence-electron chi connectivity index (χ4n) is 5.54. The van der Waals surface area contributed by atoms with Crippen molar-refractivity contribution < 1.29 is 41.0 Å². The molecule has 0 bridgehead atoms. The van der Waals surface area contributed by atoms with Crippen LogP contribution in [0, 0.1) is 5.92 Å². The van der Waals surface area contributed by atoms with Gasteiger partial charge in [-0.1, -0.05) is 49.6 Å². The molecule has 0 amide bonds. The topological polar surface area (TPSA) is 46.5 Å². The summed E-state index contributed by atoms with van der Waals surface area (Å²) < 4.78 is 88.7. The fourth-order valence-corrected chi connectivity index (χ4v) is 7.92. The molecule has 212 valence electrons. The molecule has 4 aromatic rings. The van der Waals surface area contributed by atoms with Gasteiger partial charge in [0.2, 0.25) is 0 Å². The highest BCUT2D eigenvalue weighted by atomic mass is 32.2. The second-order valence-electron chi connectivity index (χ2n) is 10.2. The Morgan fingerprint density at radius 1 is 0.825 bits per heavy atom. The average molecular weight is 582 g/mol. The van der Waals surface area contributed by atoms with E-state index in [1.807, 2.05) is 54.6 Å². The third-order valence-corrected chi connectivity index (χ3v) is 10.0. The Morgan fingerprint density at radius 2 is 1.43 bits per heavy atom. The minimum atomic E-state index is -5.99. The number of halogens is 6. The Morgan fingerprint density at radius 3 is 2.08 bits per heavy atom. The SMILES string of the molecule is O=C(OC(CC(O)(C(F)(F)F)C(F)(F)F)C1CCCCC1)c1ccc2c(c1)c1ccccc1[s+]2-c1ccccc1. The molecule has 1 N–H and O–H groups in total. The summed E-state index contributed by atoms with van der Waals surface area (Å²) in [6, 6.07) is 22.3. The molecule has 10 heteroatoms. The third kappa shape index (κ3) is 5.19. The zero-order chi connectivity index (χ0) is 28.7. The van der Waals surface area contributed by atoms with Crippen LogP contribution in [-0.2, 0) is 4.74 Å². The number of carbonyl (C=O) groups excluding carboxylic acids is 1. The van der Waals surface area contributed by atoms with E-state index in [1.54, 1.807) is 12.1 Å². The van der Waals surface area contributed by atoms with Crippen molar-refractivity contribution in [1.29, 1.82) is 0 Å². The summed E-state index contributed by atoms with van der Waals surface area (Å²) in [6.07, 6.45) is -13.0. The van der Waals surface area contributed by atoms with E-state index >= 15 is 0 Å². The van der Waals surface area contributed by atoms with Gasteiger partial charge in [-0.05, 0) is 61.2 Å². The number of esters is 1. The Hall–Kier alpha value is -3.11. The number of hydrogen-bond acceptors (Lipinski definition) is 3. The summed E-state index contributed by atoms with van der Waals surface area (Å²) >= 11 is 0. The van der Waals surface area contributed by atoms with Crippen LogP contribution in [0.25, 0.3) is 25.1 Å². The van der Waals surface area contributed by atoms with Gasteiger partial charge in [-0.15, -0.1) is 0 Å². The molecule has 5 rings (SSSR count). The van der Waals surface area contributed by atoms with Gasteiger partial charge in [-0.2, -0.15) is 26.3 Å². The summed E-state index contributed by atoms with van der Waals surface area (Å²) in [5, 5.41) is 11.6. The maximum Gasteiger partial charge on any atom is 0.426 e. The summed E-state index contributed by atoms with van der Waals surface area (Å²) in [4.78, 5) is 14.4. The standard InChI is InChI=1S/C30H27F6O3S/c31-29(32,33)28(38,30(34,35)36)18-24(19-9-3-1-4-10-19)39-27(37)20-15-16-26-23(17-20)22-13-7-8-14-25(22)40(26)21-11-5-2-6-12-21/h2,5-8,11-17,19,24,38H,1,3-4,9-10,18H2/q+1. The number of rotatable bonds is 6. The molecular weight excluding hydrogens is 554 g/mol. The molecule has 40 heavy (non-hydrogen) atoms. The third-order valence-electron chi connectivity index (χ3n) is 7.68. The Bertz CT molecular complexity index is 1490. The van der Waals surface area contributed by atoms with Crippen LogP contribution in [0.1, 0.15) is 48.9 Å². The van der Waals surface area contributed by atoms with Gasteiger partial charge < -0.3 is 9.84 Å². The van der Waals surface area contributed by atoms with Crippen molar-refractivity contribution in [3.63, 3.8) is 0 Å². The van der Waals surface area contributed by atoms with Gasteiger partial charge in [0, 0.05) is 27.7 Å². The molecule has 0 radical (unpaired) electrons. The monoisotopic (exact) mass is 581 g/mol. The molecule has 2 unspecified atom stereocenters. The first kappa shape index (κ1) is 28.4. The van der Waals surface area contributed by atoms with Gasteiger partial charge in [0.05, 0.1) is 5.56 Å². The number of fused-ring (bicyclic) bond motifs is 3. The normalized spacial score (nSPS) is 16.8. The quantitative estimate of drug-likeness (QED) is 0.140. The van der Waals surface area contributed by atoms with E-state index in [1.165, 1.54) is 6.07 Å². The molecule has 1 aliphatic carbocycles. The van der Waals surface area contributed by atoms with Gasteiger partial charge in [0.1, 0.15) is 6.10 Å². The van der Waals surface area contributed by atoms with Crippen LogP contribution < -0.4 is 0 Å². The summed E-state index contributed by atoms with van der Waals surface area (Å²) in [7, 11) is -0.445. The molecule has 1 aromatic heterocycles. The van der Waals surface area contributed by atoms with Crippen LogP contribution in [0.3, 0.4) is 0 Å². The minimum Gasteiger partial charge on any atom is -0.458 e. The fraction of sp³-hybridized carbons (Fsp3) is 0.367. The van der Waals surface area contributed by atoms with Crippen molar-refractivity contribution in [2.75, 3.05) is 0 Å². The van der Waals surface area contributed by atoms with Gasteiger partial charge in [-0.3, -0.25) is 0 Å². The van der Waals surface area contributed by atoms with E-state index < -0.39 is 52.8 Å². The second kappa shape index (κ2) is 10.7. The van der Waals surface area contributed by atoms with Crippen molar-refractivity contribution >= 4 is 36.6 Å². The Labute approximate surface area is 229 Å².